The van der Waals surface area contributed by atoms with Crippen molar-refractivity contribution in [1.82, 2.24) is 0 Å². The Bertz CT molecular complexity index is 442. The molecule has 0 bridgehead atoms. The number of aliphatic hydroxyl groups excluding tert-OH is 1. The smallest absolute Gasteiger partial charge is 0.124 e. The number of hydrogen-bond acceptors (Lipinski definition) is 2. The highest BCUT2D eigenvalue weighted by Crippen LogP contribution is 2.54. The molecule has 1 heterocycles. The predicted octanol–water partition coefficient (Wildman–Crippen LogP) is 3.18. The number of fused-ring (bicyclic) bond motifs is 1. The van der Waals surface area contributed by atoms with E-state index in [1.54, 1.807) is 12.2 Å². The Kier molecular flexibility index (Phi) is 4.47. The summed E-state index contributed by atoms with van der Waals surface area (Å²) in [4.78, 5) is -0.417. The van der Waals surface area contributed by atoms with Crippen LogP contribution < -0.4 is 0 Å². The first kappa shape index (κ1) is 15.1. The summed E-state index contributed by atoms with van der Waals surface area (Å²) in [6.07, 6.45) is 13.7. The van der Waals surface area contributed by atoms with Gasteiger partial charge in [0.25, 0.3) is 0 Å². The summed E-state index contributed by atoms with van der Waals surface area (Å²) >= 11 is 10.3. The maximum atomic E-state index is 10.3. The van der Waals surface area contributed by atoms with E-state index in [0.717, 1.165) is 6.42 Å². The quantitative estimate of drug-likeness (QED) is 0.482. The van der Waals surface area contributed by atoms with E-state index in [2.05, 4.69) is 28.8 Å². The number of alkyl halides is 2. The number of aliphatic hydroxyl groups is 1. The van der Waals surface area contributed by atoms with Crippen LogP contribution in [0.4, 0.5) is 0 Å². The molecule has 0 aromatic rings. The van der Waals surface area contributed by atoms with Gasteiger partial charge in [-0.1, -0.05) is 47.0 Å². The van der Waals surface area contributed by atoms with Crippen LogP contribution in [0.25, 0.3) is 0 Å². The average molecular weight is 346 g/mol. The molecule has 2 aliphatic rings. The predicted molar refractivity (Wildman–Crippen MR) is 81.5 cm³/mol. The van der Waals surface area contributed by atoms with Gasteiger partial charge in [0, 0.05) is 17.7 Å². The monoisotopic (exact) mass is 344 g/mol. The van der Waals surface area contributed by atoms with Crippen LogP contribution in [0.1, 0.15) is 26.2 Å². The Morgan fingerprint density at radius 2 is 2.47 bits per heavy atom. The number of hydrogen-bond donors (Lipinski definition) is 1. The SMILES string of the molecule is C#C/C=C/C[C@@]12O[C@@H]([C@@H](Br)CC)C[C@]1(Cl)C=C[C@H]2O. The van der Waals surface area contributed by atoms with Crippen molar-refractivity contribution in [3.8, 4) is 12.3 Å². The molecule has 19 heavy (non-hydrogen) atoms. The van der Waals surface area contributed by atoms with Gasteiger partial charge in [-0.25, -0.2) is 0 Å². The standard InChI is InChI=1S/C15H18BrClO2/c1-3-5-6-8-15-13(18)7-9-14(15,17)10-12(19-15)11(16)4-2/h1,5-7,9,11-13,18H,4,8,10H2,2H3/b6-5+/t11-,12+,13+,14+,15-/m0/s1. The Morgan fingerprint density at radius 1 is 1.74 bits per heavy atom. The lowest BCUT2D eigenvalue weighted by atomic mass is 9.84. The normalized spacial score (nSPS) is 42.5. The maximum Gasteiger partial charge on any atom is 0.124 e. The van der Waals surface area contributed by atoms with Gasteiger partial charge in [0.05, 0.1) is 11.0 Å². The molecule has 1 aliphatic heterocycles. The molecular formula is C15H18BrClO2. The van der Waals surface area contributed by atoms with Crippen LogP contribution in [0.5, 0.6) is 0 Å². The topological polar surface area (TPSA) is 29.5 Å². The number of ether oxygens (including phenoxy) is 1. The second-order valence-electron chi connectivity index (χ2n) is 5.11. The summed E-state index contributed by atoms with van der Waals surface area (Å²) in [6, 6.07) is 0. The summed E-state index contributed by atoms with van der Waals surface area (Å²) in [5, 5.41) is 10.3. The van der Waals surface area contributed by atoms with Crippen LogP contribution in [0, 0.1) is 12.3 Å². The van der Waals surface area contributed by atoms with E-state index >= 15 is 0 Å². The summed E-state index contributed by atoms with van der Waals surface area (Å²) in [6.45, 7) is 2.09. The average Bonchev–Trinajstić information content (AvgIpc) is 2.81. The molecule has 4 heteroatoms. The lowest BCUT2D eigenvalue weighted by Crippen LogP contribution is -2.50. The van der Waals surface area contributed by atoms with Crippen molar-refractivity contribution in [2.75, 3.05) is 0 Å². The molecule has 1 N–H and O–H groups in total. The van der Waals surface area contributed by atoms with Crippen LogP contribution in [0.15, 0.2) is 24.3 Å². The summed E-state index contributed by atoms with van der Waals surface area (Å²) in [5.74, 6) is 2.45. The molecule has 2 rings (SSSR count). The van der Waals surface area contributed by atoms with Gasteiger partial charge in [-0.3, -0.25) is 0 Å². The Labute approximate surface area is 128 Å². The molecule has 5 atom stereocenters. The second kappa shape index (κ2) is 5.61. The van der Waals surface area contributed by atoms with Gasteiger partial charge in [-0.15, -0.1) is 18.0 Å². The van der Waals surface area contributed by atoms with Crippen LogP contribution in [-0.2, 0) is 4.74 Å². The van der Waals surface area contributed by atoms with Crippen molar-refractivity contribution in [3.63, 3.8) is 0 Å². The minimum atomic E-state index is -0.798. The fourth-order valence-corrected chi connectivity index (χ4v) is 3.66. The van der Waals surface area contributed by atoms with E-state index in [4.69, 9.17) is 22.8 Å². The van der Waals surface area contributed by atoms with E-state index in [-0.39, 0.29) is 10.9 Å². The van der Waals surface area contributed by atoms with Crippen molar-refractivity contribution in [2.45, 2.75) is 53.7 Å². The minimum absolute atomic E-state index is 0.00124. The zero-order valence-corrected chi connectivity index (χ0v) is 13.2. The largest absolute Gasteiger partial charge is 0.386 e. The zero-order chi connectivity index (χ0) is 14.1. The van der Waals surface area contributed by atoms with Gasteiger partial charge in [-0.05, 0) is 12.5 Å². The van der Waals surface area contributed by atoms with Gasteiger partial charge in [-0.2, -0.15) is 0 Å². The van der Waals surface area contributed by atoms with Crippen LogP contribution in [-0.4, -0.2) is 32.6 Å². The van der Waals surface area contributed by atoms with Gasteiger partial charge in [0.2, 0.25) is 0 Å². The molecule has 1 saturated heterocycles. The van der Waals surface area contributed by atoms with E-state index in [1.165, 1.54) is 0 Å². The third-order valence-corrected chi connectivity index (χ3v) is 5.85. The summed E-state index contributed by atoms with van der Waals surface area (Å²) < 4.78 is 6.18. The molecule has 1 fully saturated rings. The van der Waals surface area contributed by atoms with Gasteiger partial charge >= 0.3 is 0 Å². The fraction of sp³-hybridized carbons (Fsp3) is 0.600. The number of halogens is 2. The van der Waals surface area contributed by atoms with Crippen LogP contribution in [0.2, 0.25) is 0 Å². The molecule has 0 saturated carbocycles. The Hall–Kier alpha value is -0.270. The van der Waals surface area contributed by atoms with Crippen LogP contribution >= 0.6 is 27.5 Å². The molecule has 2 nitrogen and oxygen atoms in total. The summed E-state index contributed by atoms with van der Waals surface area (Å²) in [7, 11) is 0. The van der Waals surface area contributed by atoms with Gasteiger partial charge in [0.1, 0.15) is 11.7 Å². The summed E-state index contributed by atoms with van der Waals surface area (Å²) in [5.41, 5.74) is -0.798. The van der Waals surface area contributed by atoms with Crippen molar-refractivity contribution >= 4 is 27.5 Å². The van der Waals surface area contributed by atoms with E-state index in [1.807, 2.05) is 12.2 Å². The van der Waals surface area contributed by atoms with E-state index in [9.17, 15) is 5.11 Å². The Morgan fingerprint density at radius 3 is 3.11 bits per heavy atom. The lowest BCUT2D eigenvalue weighted by molar-refractivity contribution is -0.0974. The van der Waals surface area contributed by atoms with Crippen molar-refractivity contribution in [2.24, 2.45) is 0 Å². The number of rotatable bonds is 4. The third-order valence-electron chi connectivity index (χ3n) is 4.01. The molecule has 0 aromatic heterocycles. The molecule has 0 unspecified atom stereocenters. The molecule has 0 radical (unpaired) electrons. The molecule has 104 valence electrons. The van der Waals surface area contributed by atoms with E-state index in [0.29, 0.717) is 12.8 Å². The lowest BCUT2D eigenvalue weighted by Gasteiger charge is -2.36. The molecule has 0 spiro atoms. The van der Waals surface area contributed by atoms with Crippen molar-refractivity contribution < 1.29 is 9.84 Å². The first-order valence-electron chi connectivity index (χ1n) is 6.48. The van der Waals surface area contributed by atoms with Crippen molar-refractivity contribution in [3.05, 3.63) is 24.3 Å². The number of terminal acetylenes is 1. The van der Waals surface area contributed by atoms with Crippen molar-refractivity contribution in [1.29, 1.82) is 0 Å². The number of allylic oxidation sites excluding steroid dienone is 1. The molecule has 0 amide bonds. The highest BCUT2D eigenvalue weighted by molar-refractivity contribution is 9.09. The van der Waals surface area contributed by atoms with Gasteiger partial charge < -0.3 is 9.84 Å². The molecule has 0 aromatic carbocycles. The third kappa shape index (κ3) is 2.40. The minimum Gasteiger partial charge on any atom is -0.386 e. The first-order valence-corrected chi connectivity index (χ1v) is 7.78. The highest BCUT2D eigenvalue weighted by atomic mass is 79.9. The first-order chi connectivity index (χ1) is 8.99. The zero-order valence-electron chi connectivity index (χ0n) is 10.9. The second-order valence-corrected chi connectivity index (χ2v) is 6.96. The molecular weight excluding hydrogens is 328 g/mol. The Balaban J connectivity index is 2.26. The van der Waals surface area contributed by atoms with Crippen LogP contribution in [0.3, 0.4) is 0 Å². The maximum absolute atomic E-state index is 10.3. The highest BCUT2D eigenvalue weighted by Gasteiger charge is 2.63. The molecule has 1 aliphatic carbocycles. The van der Waals surface area contributed by atoms with Gasteiger partial charge in [0.15, 0.2) is 0 Å². The fourth-order valence-electron chi connectivity index (χ4n) is 2.90. The van der Waals surface area contributed by atoms with E-state index < -0.39 is 16.6 Å².